The lowest BCUT2D eigenvalue weighted by Gasteiger charge is -2.18. The van der Waals surface area contributed by atoms with Crippen molar-refractivity contribution in [2.75, 3.05) is 25.0 Å². The lowest BCUT2D eigenvalue weighted by molar-refractivity contribution is -0.117. The van der Waals surface area contributed by atoms with Gasteiger partial charge in [-0.05, 0) is 29.9 Å². The van der Waals surface area contributed by atoms with Gasteiger partial charge in [0.15, 0.2) is 0 Å². The Labute approximate surface area is 149 Å². The Bertz CT molecular complexity index is 789. The predicted octanol–water partition coefficient (Wildman–Crippen LogP) is 4.70. The first-order valence-electron chi connectivity index (χ1n) is 8.15. The van der Waals surface area contributed by atoms with E-state index >= 15 is 0 Å². The third-order valence-corrected chi connectivity index (χ3v) is 4.30. The van der Waals surface area contributed by atoms with Gasteiger partial charge in [0.1, 0.15) is 0 Å². The van der Waals surface area contributed by atoms with Gasteiger partial charge in [-0.2, -0.15) is 0 Å². The van der Waals surface area contributed by atoms with E-state index in [1.807, 2.05) is 24.3 Å². The largest absolute Gasteiger partial charge is 0.324 e. The van der Waals surface area contributed by atoms with Crippen LogP contribution in [0.4, 0.5) is 5.69 Å². The van der Waals surface area contributed by atoms with Crippen molar-refractivity contribution in [1.82, 2.24) is 4.90 Å². The highest BCUT2D eigenvalue weighted by atomic mass is 35.5. The average molecular weight is 343 g/mol. The molecule has 0 saturated heterocycles. The number of benzene rings is 3. The summed E-state index contributed by atoms with van der Waals surface area (Å²) in [6, 6.07) is 18.5. The fraction of sp³-hybridized carbons (Fsp3) is 0.250. The van der Waals surface area contributed by atoms with Crippen molar-refractivity contribution in [3.63, 3.8) is 0 Å². The number of carbonyl (C=O) groups excluding carboxylic acids is 1. The number of carbonyl (C=O) groups is 1. The molecular weight excluding hydrogens is 320 g/mol. The number of rotatable bonds is 5. The third kappa shape index (κ3) is 3.69. The number of likely N-dealkylation sites (N-methyl/N-ethyl adjacent to an activating group) is 1. The topological polar surface area (TPSA) is 32.3 Å². The molecule has 0 aromatic heterocycles. The number of anilines is 1. The molecule has 0 atom stereocenters. The van der Waals surface area contributed by atoms with Crippen LogP contribution in [0.1, 0.15) is 13.8 Å². The molecule has 3 nitrogen and oxygen atoms in total. The van der Waals surface area contributed by atoms with Crippen molar-refractivity contribution in [2.24, 2.45) is 0 Å². The SMILES string of the molecule is CCN(CC)CC(=O)Nc1c2ccccc2cc2ccccc12.Cl. The van der Waals surface area contributed by atoms with Crippen molar-refractivity contribution in [2.45, 2.75) is 13.8 Å². The smallest absolute Gasteiger partial charge is 0.238 e. The number of amides is 1. The van der Waals surface area contributed by atoms with E-state index < -0.39 is 0 Å². The second-order valence-electron chi connectivity index (χ2n) is 5.70. The predicted molar refractivity (Wildman–Crippen MR) is 105 cm³/mol. The van der Waals surface area contributed by atoms with Crippen LogP contribution in [0, 0.1) is 0 Å². The molecule has 0 saturated carbocycles. The van der Waals surface area contributed by atoms with E-state index in [1.54, 1.807) is 0 Å². The molecular formula is C20H23ClN2O. The van der Waals surface area contributed by atoms with Crippen LogP contribution >= 0.6 is 12.4 Å². The van der Waals surface area contributed by atoms with Crippen LogP contribution < -0.4 is 5.32 Å². The van der Waals surface area contributed by atoms with E-state index in [4.69, 9.17) is 0 Å². The normalized spacial score (nSPS) is 10.8. The minimum atomic E-state index is 0. The van der Waals surface area contributed by atoms with E-state index in [2.05, 4.69) is 54.4 Å². The number of hydrogen-bond acceptors (Lipinski definition) is 2. The number of fused-ring (bicyclic) bond motifs is 2. The molecule has 0 heterocycles. The highest BCUT2D eigenvalue weighted by Crippen LogP contribution is 2.32. The molecule has 0 aliphatic heterocycles. The Kier molecular flexibility index (Phi) is 6.18. The number of nitrogens with one attached hydrogen (secondary N) is 1. The maximum Gasteiger partial charge on any atom is 0.238 e. The second kappa shape index (κ2) is 8.13. The van der Waals surface area contributed by atoms with Crippen molar-refractivity contribution in [3.8, 4) is 0 Å². The molecule has 1 amide bonds. The van der Waals surface area contributed by atoms with Gasteiger partial charge in [0, 0.05) is 10.8 Å². The van der Waals surface area contributed by atoms with Gasteiger partial charge in [-0.3, -0.25) is 9.69 Å². The minimum Gasteiger partial charge on any atom is -0.324 e. The van der Waals surface area contributed by atoms with Gasteiger partial charge >= 0.3 is 0 Å². The zero-order valence-corrected chi connectivity index (χ0v) is 14.9. The first-order chi connectivity index (χ1) is 11.2. The number of hydrogen-bond donors (Lipinski definition) is 1. The quantitative estimate of drug-likeness (QED) is 0.682. The maximum atomic E-state index is 12.5. The van der Waals surface area contributed by atoms with Gasteiger partial charge in [0.25, 0.3) is 0 Å². The Hall–Kier alpha value is -2.10. The summed E-state index contributed by atoms with van der Waals surface area (Å²) in [6.07, 6.45) is 0. The zero-order valence-electron chi connectivity index (χ0n) is 14.1. The van der Waals surface area contributed by atoms with E-state index in [1.165, 1.54) is 0 Å². The highest BCUT2D eigenvalue weighted by molar-refractivity contribution is 6.15. The van der Waals surface area contributed by atoms with Crippen LogP contribution in [0.25, 0.3) is 21.5 Å². The summed E-state index contributed by atoms with van der Waals surface area (Å²) in [7, 11) is 0. The average Bonchev–Trinajstić information content (AvgIpc) is 2.59. The Morgan fingerprint density at radius 1 is 0.917 bits per heavy atom. The molecule has 0 aliphatic carbocycles. The highest BCUT2D eigenvalue weighted by Gasteiger charge is 2.12. The zero-order chi connectivity index (χ0) is 16.2. The van der Waals surface area contributed by atoms with Crippen molar-refractivity contribution >= 4 is 45.5 Å². The first kappa shape index (κ1) is 18.2. The van der Waals surface area contributed by atoms with Crippen molar-refractivity contribution in [3.05, 3.63) is 54.6 Å². The summed E-state index contributed by atoms with van der Waals surface area (Å²) in [5, 5.41) is 7.60. The van der Waals surface area contributed by atoms with Gasteiger partial charge < -0.3 is 5.32 Å². The summed E-state index contributed by atoms with van der Waals surface area (Å²) in [4.78, 5) is 14.6. The van der Waals surface area contributed by atoms with Crippen LogP contribution in [-0.4, -0.2) is 30.4 Å². The second-order valence-corrected chi connectivity index (χ2v) is 5.70. The van der Waals surface area contributed by atoms with Crippen LogP contribution in [0.2, 0.25) is 0 Å². The molecule has 0 radical (unpaired) electrons. The summed E-state index contributed by atoms with van der Waals surface area (Å²) in [5.74, 6) is 0.0372. The molecule has 0 unspecified atom stereocenters. The lowest BCUT2D eigenvalue weighted by atomic mass is 10.0. The van der Waals surface area contributed by atoms with Crippen LogP contribution in [0.15, 0.2) is 54.6 Å². The molecule has 0 fully saturated rings. The number of nitrogens with zero attached hydrogens (tertiary/aromatic N) is 1. The molecule has 4 heteroatoms. The molecule has 1 N–H and O–H groups in total. The van der Waals surface area contributed by atoms with Gasteiger partial charge in [0.05, 0.1) is 12.2 Å². The van der Waals surface area contributed by atoms with Crippen molar-refractivity contribution < 1.29 is 4.79 Å². The van der Waals surface area contributed by atoms with Crippen LogP contribution in [0.3, 0.4) is 0 Å². The van der Waals surface area contributed by atoms with Gasteiger partial charge in [-0.15, -0.1) is 12.4 Å². The molecule has 0 aliphatic rings. The molecule has 0 bridgehead atoms. The first-order valence-corrected chi connectivity index (χ1v) is 8.15. The van der Waals surface area contributed by atoms with E-state index in [0.29, 0.717) is 6.54 Å². The van der Waals surface area contributed by atoms with Gasteiger partial charge in [-0.1, -0.05) is 62.4 Å². The minimum absolute atomic E-state index is 0. The fourth-order valence-corrected chi connectivity index (χ4v) is 2.98. The van der Waals surface area contributed by atoms with Crippen LogP contribution in [0.5, 0.6) is 0 Å². The van der Waals surface area contributed by atoms with E-state index in [-0.39, 0.29) is 18.3 Å². The summed E-state index contributed by atoms with van der Waals surface area (Å²) in [6.45, 7) is 6.32. The molecule has 126 valence electrons. The molecule has 3 rings (SSSR count). The lowest BCUT2D eigenvalue weighted by Crippen LogP contribution is -2.33. The Morgan fingerprint density at radius 3 is 1.92 bits per heavy atom. The number of halogens is 1. The van der Waals surface area contributed by atoms with Gasteiger partial charge in [0.2, 0.25) is 5.91 Å². The fourth-order valence-electron chi connectivity index (χ4n) is 2.98. The summed E-state index contributed by atoms with van der Waals surface area (Å²) in [5.41, 5.74) is 0.913. The monoisotopic (exact) mass is 342 g/mol. The molecule has 3 aromatic carbocycles. The molecule has 0 spiro atoms. The van der Waals surface area contributed by atoms with Crippen molar-refractivity contribution in [1.29, 1.82) is 0 Å². The Morgan fingerprint density at radius 2 is 1.42 bits per heavy atom. The standard InChI is InChI=1S/C20H22N2O.ClH/c1-3-22(4-2)14-19(23)21-20-17-11-7-5-9-15(17)13-16-10-6-8-12-18(16)20;/h5-13H,3-4,14H2,1-2H3,(H,21,23);1H. The third-order valence-electron chi connectivity index (χ3n) is 4.30. The summed E-state index contributed by atoms with van der Waals surface area (Å²) >= 11 is 0. The molecule has 24 heavy (non-hydrogen) atoms. The van der Waals surface area contributed by atoms with Gasteiger partial charge in [-0.25, -0.2) is 0 Å². The summed E-state index contributed by atoms with van der Waals surface area (Å²) < 4.78 is 0. The van der Waals surface area contributed by atoms with E-state index in [0.717, 1.165) is 40.3 Å². The Balaban J connectivity index is 0.00000208. The maximum absolute atomic E-state index is 12.5. The van der Waals surface area contributed by atoms with Crippen LogP contribution in [-0.2, 0) is 4.79 Å². The van der Waals surface area contributed by atoms with E-state index in [9.17, 15) is 4.79 Å². The molecule has 3 aromatic rings.